The molecule has 2 heterocycles. The van der Waals surface area contributed by atoms with Crippen molar-refractivity contribution in [2.45, 2.75) is 24.8 Å². The third-order valence-corrected chi connectivity index (χ3v) is 3.99. The van der Waals surface area contributed by atoms with Crippen LogP contribution in [-0.4, -0.2) is 23.4 Å². The highest BCUT2D eigenvalue weighted by atomic mass is 35.5. The van der Waals surface area contributed by atoms with Crippen molar-refractivity contribution in [1.29, 1.82) is 0 Å². The summed E-state index contributed by atoms with van der Waals surface area (Å²) in [7, 11) is 0. The van der Waals surface area contributed by atoms with E-state index in [0.29, 0.717) is 49.2 Å². The normalized spacial score (nSPS) is 17.9. The minimum atomic E-state index is -0.629. The Kier molecular flexibility index (Phi) is 3.93. The second-order valence-electron chi connectivity index (χ2n) is 5.20. The van der Waals surface area contributed by atoms with Gasteiger partial charge in [-0.15, -0.1) is 0 Å². The third-order valence-electron chi connectivity index (χ3n) is 3.64. The van der Waals surface area contributed by atoms with E-state index in [1.165, 1.54) is 12.1 Å². The van der Waals surface area contributed by atoms with Gasteiger partial charge in [-0.3, -0.25) is 0 Å². The molecule has 1 aromatic carbocycles. The Morgan fingerprint density at radius 2 is 2.10 bits per heavy atom. The van der Waals surface area contributed by atoms with Crippen LogP contribution >= 0.6 is 11.6 Å². The van der Waals surface area contributed by atoms with Crippen molar-refractivity contribution in [3.8, 4) is 0 Å². The summed E-state index contributed by atoms with van der Waals surface area (Å²) in [5.41, 5.74) is 6.40. The molecule has 1 aliphatic rings. The predicted octanol–water partition coefficient (Wildman–Crippen LogP) is 2.42. The molecule has 0 radical (unpaired) electrons. The fourth-order valence-corrected chi connectivity index (χ4v) is 2.55. The van der Waals surface area contributed by atoms with Gasteiger partial charge in [-0.2, -0.15) is 4.98 Å². The molecule has 21 heavy (non-hydrogen) atoms. The lowest BCUT2D eigenvalue weighted by Gasteiger charge is -2.29. The molecule has 7 heteroatoms. The first-order valence-corrected chi connectivity index (χ1v) is 7.08. The Bertz CT molecular complexity index is 641. The lowest BCUT2D eigenvalue weighted by atomic mass is 9.91. The Morgan fingerprint density at radius 3 is 2.81 bits per heavy atom. The number of hydrogen-bond donors (Lipinski definition) is 1. The zero-order chi connectivity index (χ0) is 14.9. The van der Waals surface area contributed by atoms with Crippen molar-refractivity contribution in [3.05, 3.63) is 46.3 Å². The Balaban J connectivity index is 1.78. The van der Waals surface area contributed by atoms with Crippen LogP contribution in [0.2, 0.25) is 5.02 Å². The van der Waals surface area contributed by atoms with Gasteiger partial charge >= 0.3 is 0 Å². The quantitative estimate of drug-likeness (QED) is 0.942. The van der Waals surface area contributed by atoms with Crippen LogP contribution in [0.25, 0.3) is 0 Å². The van der Waals surface area contributed by atoms with Crippen LogP contribution in [0.5, 0.6) is 0 Å². The van der Waals surface area contributed by atoms with E-state index in [1.807, 2.05) is 0 Å². The summed E-state index contributed by atoms with van der Waals surface area (Å²) < 4.78 is 23.6. The van der Waals surface area contributed by atoms with Gasteiger partial charge in [0, 0.05) is 24.7 Å². The van der Waals surface area contributed by atoms with Gasteiger partial charge in [0.1, 0.15) is 11.4 Å². The summed E-state index contributed by atoms with van der Waals surface area (Å²) >= 11 is 5.99. The number of nitrogens with two attached hydrogens (primary N) is 1. The van der Waals surface area contributed by atoms with Crippen LogP contribution in [0.15, 0.2) is 22.7 Å². The first kappa shape index (κ1) is 14.4. The fourth-order valence-electron chi connectivity index (χ4n) is 2.31. The highest BCUT2D eigenvalue weighted by Crippen LogP contribution is 2.28. The molecule has 1 aromatic heterocycles. The number of ether oxygens (including phenoxy) is 1. The summed E-state index contributed by atoms with van der Waals surface area (Å²) in [6, 6.07) is 4.23. The molecule has 0 bridgehead atoms. The van der Waals surface area contributed by atoms with Gasteiger partial charge in [-0.25, -0.2) is 4.39 Å². The molecule has 1 saturated heterocycles. The maximum atomic E-state index is 13.0. The van der Waals surface area contributed by atoms with Crippen LogP contribution in [0.4, 0.5) is 4.39 Å². The molecule has 3 rings (SSSR count). The smallest absolute Gasteiger partial charge is 0.246 e. The zero-order valence-electron chi connectivity index (χ0n) is 11.3. The van der Waals surface area contributed by atoms with Crippen LogP contribution in [0.1, 0.15) is 30.1 Å². The lowest BCUT2D eigenvalue weighted by molar-refractivity contribution is 0.0400. The minimum absolute atomic E-state index is 0.342. The minimum Gasteiger partial charge on any atom is -0.381 e. The topological polar surface area (TPSA) is 74.2 Å². The lowest BCUT2D eigenvalue weighted by Crippen LogP contribution is -2.42. The van der Waals surface area contributed by atoms with Crippen LogP contribution in [-0.2, 0) is 16.7 Å². The van der Waals surface area contributed by atoms with Crippen molar-refractivity contribution in [2.75, 3.05) is 13.2 Å². The molecule has 0 saturated carbocycles. The van der Waals surface area contributed by atoms with E-state index in [1.54, 1.807) is 6.07 Å². The molecule has 112 valence electrons. The molecule has 1 aliphatic heterocycles. The molecule has 5 nitrogen and oxygen atoms in total. The third kappa shape index (κ3) is 3.07. The van der Waals surface area contributed by atoms with Gasteiger partial charge in [0.15, 0.2) is 5.82 Å². The van der Waals surface area contributed by atoms with Crippen molar-refractivity contribution in [3.63, 3.8) is 0 Å². The van der Waals surface area contributed by atoms with E-state index < -0.39 is 5.54 Å². The predicted molar refractivity (Wildman–Crippen MR) is 74.4 cm³/mol. The Hall–Kier alpha value is -1.50. The monoisotopic (exact) mass is 311 g/mol. The van der Waals surface area contributed by atoms with E-state index >= 15 is 0 Å². The largest absolute Gasteiger partial charge is 0.381 e. The van der Waals surface area contributed by atoms with Gasteiger partial charge < -0.3 is 15.0 Å². The Labute approximate surface area is 126 Å². The zero-order valence-corrected chi connectivity index (χ0v) is 12.1. The molecule has 1 fully saturated rings. The molecular formula is C14H15ClFN3O2. The second kappa shape index (κ2) is 5.71. The van der Waals surface area contributed by atoms with Gasteiger partial charge in [0.25, 0.3) is 0 Å². The summed E-state index contributed by atoms with van der Waals surface area (Å²) in [5, 5.41) is 4.28. The average Bonchev–Trinajstić information content (AvgIpc) is 2.92. The van der Waals surface area contributed by atoms with E-state index in [2.05, 4.69) is 10.1 Å². The molecule has 0 amide bonds. The van der Waals surface area contributed by atoms with Crippen LogP contribution < -0.4 is 5.73 Å². The molecule has 0 aliphatic carbocycles. The van der Waals surface area contributed by atoms with E-state index in [9.17, 15) is 4.39 Å². The van der Waals surface area contributed by atoms with Crippen molar-refractivity contribution in [2.24, 2.45) is 5.73 Å². The summed E-state index contributed by atoms with van der Waals surface area (Å²) in [6.07, 6.45) is 1.66. The number of aromatic nitrogens is 2. The summed E-state index contributed by atoms with van der Waals surface area (Å²) in [5.74, 6) is 0.523. The molecule has 2 N–H and O–H groups in total. The van der Waals surface area contributed by atoms with Crippen molar-refractivity contribution in [1.82, 2.24) is 10.1 Å². The van der Waals surface area contributed by atoms with Gasteiger partial charge in [-0.1, -0.05) is 22.8 Å². The molecular weight excluding hydrogens is 297 g/mol. The van der Waals surface area contributed by atoms with Crippen molar-refractivity contribution >= 4 is 11.6 Å². The number of benzene rings is 1. The molecule has 2 aromatic rings. The number of halogens is 2. The maximum Gasteiger partial charge on any atom is 0.246 e. The number of hydrogen-bond acceptors (Lipinski definition) is 5. The van der Waals surface area contributed by atoms with Gasteiger partial charge in [-0.05, 0) is 30.5 Å². The molecule has 0 atom stereocenters. The molecule has 0 spiro atoms. The fraction of sp³-hybridized carbons (Fsp3) is 0.429. The van der Waals surface area contributed by atoms with E-state index in [-0.39, 0.29) is 5.82 Å². The standard InChI is InChI=1S/C14H15ClFN3O2/c15-11-8-10(16)2-1-9(11)7-12-18-13(21-19-12)14(17)3-5-20-6-4-14/h1-2,8H,3-7,17H2. The SMILES string of the molecule is NC1(c2nc(Cc3ccc(F)cc3Cl)no2)CCOCC1. The number of rotatable bonds is 3. The molecule has 0 unspecified atom stereocenters. The maximum absolute atomic E-state index is 13.0. The van der Waals surface area contributed by atoms with E-state index in [0.717, 1.165) is 5.56 Å². The second-order valence-corrected chi connectivity index (χ2v) is 5.60. The van der Waals surface area contributed by atoms with E-state index in [4.69, 9.17) is 26.6 Å². The van der Waals surface area contributed by atoms with Crippen LogP contribution in [0, 0.1) is 5.82 Å². The summed E-state index contributed by atoms with van der Waals surface area (Å²) in [4.78, 5) is 4.35. The van der Waals surface area contributed by atoms with Gasteiger partial charge in [0.2, 0.25) is 5.89 Å². The summed E-state index contributed by atoms with van der Waals surface area (Å²) in [6.45, 7) is 1.16. The highest BCUT2D eigenvalue weighted by molar-refractivity contribution is 6.31. The Morgan fingerprint density at radius 1 is 1.33 bits per heavy atom. The highest BCUT2D eigenvalue weighted by Gasteiger charge is 2.35. The van der Waals surface area contributed by atoms with Crippen LogP contribution in [0.3, 0.4) is 0 Å². The number of nitrogens with zero attached hydrogens (tertiary/aromatic N) is 2. The van der Waals surface area contributed by atoms with Gasteiger partial charge in [0.05, 0.1) is 0 Å². The first-order valence-electron chi connectivity index (χ1n) is 6.70. The van der Waals surface area contributed by atoms with Crippen molar-refractivity contribution < 1.29 is 13.7 Å². The average molecular weight is 312 g/mol. The first-order chi connectivity index (χ1) is 10.1.